The van der Waals surface area contributed by atoms with Crippen LogP contribution in [0.1, 0.15) is 11.4 Å². The average molecular weight is 165 g/mol. The van der Waals surface area contributed by atoms with Gasteiger partial charge in [-0.05, 0) is 13.0 Å². The van der Waals surface area contributed by atoms with Crippen molar-refractivity contribution in [3.05, 3.63) is 30.4 Å². The maximum Gasteiger partial charge on any atom is 0.243 e. The summed E-state index contributed by atoms with van der Waals surface area (Å²) >= 11 is 0. The number of carbonyl (C=O) groups is 1. The zero-order valence-electron chi connectivity index (χ0n) is 6.92. The highest BCUT2D eigenvalue weighted by Gasteiger charge is 2.00. The van der Waals surface area contributed by atoms with E-state index in [0.717, 1.165) is 11.4 Å². The molecule has 1 amide bonds. The second-order valence-corrected chi connectivity index (χ2v) is 2.40. The van der Waals surface area contributed by atoms with E-state index in [1.807, 2.05) is 6.92 Å². The van der Waals surface area contributed by atoms with Crippen LogP contribution in [-0.4, -0.2) is 15.9 Å². The van der Waals surface area contributed by atoms with E-state index in [4.69, 9.17) is 0 Å². The van der Waals surface area contributed by atoms with Gasteiger partial charge in [-0.1, -0.05) is 6.58 Å². The zero-order chi connectivity index (χ0) is 8.97. The van der Waals surface area contributed by atoms with Crippen LogP contribution in [0.2, 0.25) is 0 Å². The summed E-state index contributed by atoms with van der Waals surface area (Å²) in [6.45, 7) is 5.69. The van der Waals surface area contributed by atoms with Crippen molar-refractivity contribution in [3.8, 4) is 0 Å². The Balaban J connectivity index is 2.48. The molecule has 64 valence electrons. The number of rotatable bonds is 3. The Morgan fingerprint density at radius 3 is 3.17 bits per heavy atom. The van der Waals surface area contributed by atoms with E-state index in [0.29, 0.717) is 6.54 Å². The van der Waals surface area contributed by atoms with Gasteiger partial charge in [0.15, 0.2) is 0 Å². The molecule has 0 unspecified atom stereocenters. The normalized spacial score (nSPS) is 9.42. The van der Waals surface area contributed by atoms with Crippen molar-refractivity contribution in [3.63, 3.8) is 0 Å². The van der Waals surface area contributed by atoms with Gasteiger partial charge in [0.2, 0.25) is 5.91 Å². The summed E-state index contributed by atoms with van der Waals surface area (Å²) in [5, 5.41) is 2.64. The molecule has 1 aromatic heterocycles. The Kier molecular flexibility index (Phi) is 2.63. The van der Waals surface area contributed by atoms with Gasteiger partial charge < -0.3 is 10.3 Å². The fourth-order valence-corrected chi connectivity index (χ4v) is 0.808. The maximum atomic E-state index is 10.8. The molecule has 0 bridgehead atoms. The average Bonchev–Trinajstić information content (AvgIpc) is 2.47. The first kappa shape index (κ1) is 8.52. The Hall–Kier alpha value is -1.58. The summed E-state index contributed by atoms with van der Waals surface area (Å²) in [6, 6.07) is 0. The minimum atomic E-state index is -0.183. The Bertz CT molecular complexity index is 290. The van der Waals surface area contributed by atoms with Gasteiger partial charge in [0.25, 0.3) is 0 Å². The number of hydrogen-bond acceptors (Lipinski definition) is 2. The van der Waals surface area contributed by atoms with Crippen molar-refractivity contribution in [1.82, 2.24) is 15.3 Å². The minimum absolute atomic E-state index is 0.183. The number of aromatic amines is 1. The summed E-state index contributed by atoms with van der Waals surface area (Å²) in [5.74, 6) is -0.183. The third kappa shape index (κ3) is 1.95. The van der Waals surface area contributed by atoms with Crippen LogP contribution in [0.15, 0.2) is 19.0 Å². The molecule has 1 aromatic rings. The Morgan fingerprint density at radius 2 is 2.67 bits per heavy atom. The van der Waals surface area contributed by atoms with E-state index >= 15 is 0 Å². The summed E-state index contributed by atoms with van der Waals surface area (Å²) in [4.78, 5) is 17.7. The van der Waals surface area contributed by atoms with Crippen LogP contribution in [0, 0.1) is 6.92 Å². The number of carbonyl (C=O) groups excluding carboxylic acids is 1. The number of hydrogen-bond donors (Lipinski definition) is 2. The molecule has 0 saturated heterocycles. The lowest BCUT2D eigenvalue weighted by atomic mass is 10.3. The van der Waals surface area contributed by atoms with E-state index in [-0.39, 0.29) is 5.91 Å². The molecule has 1 heterocycles. The Morgan fingerprint density at radius 1 is 1.92 bits per heavy atom. The van der Waals surface area contributed by atoms with Gasteiger partial charge in [-0.2, -0.15) is 0 Å². The number of H-pyrrole nitrogens is 1. The lowest BCUT2D eigenvalue weighted by molar-refractivity contribution is -0.116. The smallest absolute Gasteiger partial charge is 0.243 e. The van der Waals surface area contributed by atoms with Crippen molar-refractivity contribution in [1.29, 1.82) is 0 Å². The number of aromatic nitrogens is 2. The van der Waals surface area contributed by atoms with Crippen LogP contribution in [0.4, 0.5) is 0 Å². The molecule has 1 rings (SSSR count). The van der Waals surface area contributed by atoms with Gasteiger partial charge in [0, 0.05) is 5.69 Å². The molecular formula is C8H11N3O. The third-order valence-electron chi connectivity index (χ3n) is 1.55. The summed E-state index contributed by atoms with van der Waals surface area (Å²) in [6.07, 6.45) is 2.84. The van der Waals surface area contributed by atoms with Gasteiger partial charge in [-0.15, -0.1) is 0 Å². The molecule has 0 fully saturated rings. The van der Waals surface area contributed by atoms with Gasteiger partial charge in [-0.25, -0.2) is 4.98 Å². The van der Waals surface area contributed by atoms with Crippen LogP contribution in [0.25, 0.3) is 0 Å². The third-order valence-corrected chi connectivity index (χ3v) is 1.55. The zero-order valence-corrected chi connectivity index (χ0v) is 6.92. The Labute approximate surface area is 70.7 Å². The van der Waals surface area contributed by atoms with E-state index in [1.165, 1.54) is 6.08 Å². The molecule has 0 radical (unpaired) electrons. The highest BCUT2D eigenvalue weighted by molar-refractivity contribution is 5.86. The first-order valence-corrected chi connectivity index (χ1v) is 3.63. The van der Waals surface area contributed by atoms with Crippen LogP contribution in [0.5, 0.6) is 0 Å². The van der Waals surface area contributed by atoms with E-state index < -0.39 is 0 Å². The monoisotopic (exact) mass is 165 g/mol. The molecule has 0 atom stereocenters. The molecule has 0 aromatic carbocycles. The van der Waals surface area contributed by atoms with E-state index in [1.54, 1.807) is 6.33 Å². The first-order chi connectivity index (χ1) is 5.74. The summed E-state index contributed by atoms with van der Waals surface area (Å²) < 4.78 is 0. The molecule has 0 spiro atoms. The molecule has 0 saturated carbocycles. The predicted molar refractivity (Wildman–Crippen MR) is 45.4 cm³/mol. The molecule has 2 N–H and O–H groups in total. The standard InChI is InChI=1S/C8H11N3O/c1-3-8(12)9-4-7-6(2)10-5-11-7/h3,5H,1,4H2,2H3,(H,9,12)(H,10,11). The molecule has 4 nitrogen and oxygen atoms in total. The minimum Gasteiger partial charge on any atom is -0.348 e. The molecule has 4 heteroatoms. The van der Waals surface area contributed by atoms with Crippen molar-refractivity contribution in [2.24, 2.45) is 0 Å². The molecule has 0 aliphatic rings. The van der Waals surface area contributed by atoms with Crippen LogP contribution >= 0.6 is 0 Å². The molecule has 0 aliphatic carbocycles. The van der Waals surface area contributed by atoms with Crippen molar-refractivity contribution in [2.45, 2.75) is 13.5 Å². The predicted octanol–water partition coefficient (Wildman–Crippen LogP) is 0.520. The summed E-state index contributed by atoms with van der Waals surface area (Å²) in [5.41, 5.74) is 1.82. The number of aryl methyl sites for hydroxylation is 1. The number of nitrogens with one attached hydrogen (secondary N) is 2. The number of nitrogens with zero attached hydrogens (tertiary/aromatic N) is 1. The second-order valence-electron chi connectivity index (χ2n) is 2.40. The van der Waals surface area contributed by atoms with Gasteiger partial charge in [-0.3, -0.25) is 4.79 Å². The molecule has 0 aliphatic heterocycles. The fraction of sp³-hybridized carbons (Fsp3) is 0.250. The van der Waals surface area contributed by atoms with Crippen molar-refractivity contribution in [2.75, 3.05) is 0 Å². The molecular weight excluding hydrogens is 154 g/mol. The van der Waals surface area contributed by atoms with Crippen LogP contribution < -0.4 is 5.32 Å². The SMILES string of the molecule is C=CC(=O)NCc1nc[nH]c1C. The van der Waals surface area contributed by atoms with Gasteiger partial charge >= 0.3 is 0 Å². The van der Waals surface area contributed by atoms with Gasteiger partial charge in [0.1, 0.15) is 0 Å². The lowest BCUT2D eigenvalue weighted by Gasteiger charge is -1.98. The first-order valence-electron chi connectivity index (χ1n) is 3.63. The molecule has 12 heavy (non-hydrogen) atoms. The largest absolute Gasteiger partial charge is 0.348 e. The lowest BCUT2D eigenvalue weighted by Crippen LogP contribution is -2.20. The number of imidazole rings is 1. The van der Waals surface area contributed by atoms with E-state index in [2.05, 4.69) is 21.9 Å². The van der Waals surface area contributed by atoms with Gasteiger partial charge in [0.05, 0.1) is 18.6 Å². The highest BCUT2D eigenvalue weighted by Crippen LogP contribution is 1.98. The topological polar surface area (TPSA) is 57.8 Å². The van der Waals surface area contributed by atoms with Crippen molar-refractivity contribution >= 4 is 5.91 Å². The van der Waals surface area contributed by atoms with Crippen LogP contribution in [-0.2, 0) is 11.3 Å². The van der Waals surface area contributed by atoms with Crippen LogP contribution in [0.3, 0.4) is 0 Å². The van der Waals surface area contributed by atoms with E-state index in [9.17, 15) is 4.79 Å². The fourth-order valence-electron chi connectivity index (χ4n) is 0.808. The quantitative estimate of drug-likeness (QED) is 0.641. The summed E-state index contributed by atoms with van der Waals surface area (Å²) in [7, 11) is 0. The highest BCUT2D eigenvalue weighted by atomic mass is 16.1. The maximum absolute atomic E-state index is 10.8. The second kappa shape index (κ2) is 3.71. The number of amides is 1. The van der Waals surface area contributed by atoms with Crippen molar-refractivity contribution < 1.29 is 4.79 Å².